The first-order valence-corrected chi connectivity index (χ1v) is 19.0. The molecule has 8 aromatic carbocycles. The third-order valence-electron chi connectivity index (χ3n) is 10.9. The van der Waals surface area contributed by atoms with Crippen LogP contribution in [0.15, 0.2) is 206 Å². The third-order valence-corrected chi connectivity index (χ3v) is 10.9. The van der Waals surface area contributed by atoms with Gasteiger partial charge in [0.05, 0.1) is 27.8 Å². The summed E-state index contributed by atoms with van der Waals surface area (Å²) < 4.78 is 4.66. The molecule has 4 heteroatoms. The van der Waals surface area contributed by atoms with Crippen LogP contribution in [0.3, 0.4) is 0 Å². The fourth-order valence-electron chi connectivity index (χ4n) is 8.34. The lowest BCUT2D eigenvalue weighted by molar-refractivity contribution is 1.15. The monoisotopic (exact) mass is 714 g/mol. The summed E-state index contributed by atoms with van der Waals surface area (Å²) in [5.74, 6) is 0.700. The van der Waals surface area contributed by atoms with E-state index in [1.54, 1.807) is 0 Å². The van der Waals surface area contributed by atoms with Gasteiger partial charge in [-0.2, -0.15) is 0 Å². The first-order chi connectivity index (χ1) is 27.8. The summed E-state index contributed by atoms with van der Waals surface area (Å²) in [5, 5.41) is 3.58. The maximum atomic E-state index is 5.37. The van der Waals surface area contributed by atoms with Gasteiger partial charge in [0.2, 0.25) is 0 Å². The van der Waals surface area contributed by atoms with Crippen LogP contribution in [0.25, 0.3) is 100 Å². The van der Waals surface area contributed by atoms with Gasteiger partial charge in [0.25, 0.3) is 0 Å². The summed E-state index contributed by atoms with van der Waals surface area (Å²) in [6, 6.07) is 73.1. The van der Waals surface area contributed by atoms with Crippen molar-refractivity contribution in [3.8, 4) is 56.3 Å². The molecule has 0 aliphatic heterocycles. The largest absolute Gasteiger partial charge is 0.309 e. The molecular weight excluding hydrogens is 681 g/mol. The van der Waals surface area contributed by atoms with Crippen LogP contribution in [0, 0.1) is 0 Å². The Hall–Kier alpha value is -7.56. The van der Waals surface area contributed by atoms with Crippen molar-refractivity contribution in [3.63, 3.8) is 0 Å². The number of fused-ring (bicyclic) bond motifs is 6. The van der Waals surface area contributed by atoms with E-state index in [0.717, 1.165) is 61.3 Å². The highest BCUT2D eigenvalue weighted by atomic mass is 15.0. The van der Waals surface area contributed by atoms with Gasteiger partial charge in [0.15, 0.2) is 5.82 Å². The molecule has 0 unspecified atom stereocenters. The van der Waals surface area contributed by atoms with Gasteiger partial charge < -0.3 is 9.13 Å². The maximum Gasteiger partial charge on any atom is 0.160 e. The molecular formula is C52H34N4. The van der Waals surface area contributed by atoms with Gasteiger partial charge in [-0.05, 0) is 82.9 Å². The Bertz CT molecular complexity index is 3230. The van der Waals surface area contributed by atoms with Crippen LogP contribution < -0.4 is 0 Å². The van der Waals surface area contributed by atoms with E-state index in [9.17, 15) is 0 Å². The van der Waals surface area contributed by atoms with Crippen LogP contribution in [0.1, 0.15) is 0 Å². The zero-order chi connectivity index (χ0) is 37.0. The Labute approximate surface area is 324 Å². The van der Waals surface area contributed by atoms with Crippen molar-refractivity contribution in [2.75, 3.05) is 0 Å². The van der Waals surface area contributed by atoms with Gasteiger partial charge in [-0.3, -0.25) is 0 Å². The smallest absolute Gasteiger partial charge is 0.160 e. The van der Waals surface area contributed by atoms with Gasteiger partial charge in [-0.25, -0.2) is 9.97 Å². The summed E-state index contributed by atoms with van der Waals surface area (Å²) in [6.07, 6.45) is 0. The normalized spacial score (nSPS) is 11.6. The second-order valence-electron chi connectivity index (χ2n) is 14.2. The van der Waals surface area contributed by atoms with Crippen LogP contribution >= 0.6 is 0 Å². The number of nitrogens with zero attached hydrogens (tertiary/aromatic N) is 4. The van der Waals surface area contributed by atoms with Crippen molar-refractivity contribution < 1.29 is 0 Å². The van der Waals surface area contributed by atoms with Gasteiger partial charge in [0.1, 0.15) is 5.52 Å². The van der Waals surface area contributed by atoms with Crippen LogP contribution in [0.5, 0.6) is 0 Å². The molecule has 3 heterocycles. The summed E-state index contributed by atoms with van der Waals surface area (Å²) in [6.45, 7) is 0. The molecule has 4 nitrogen and oxygen atoms in total. The van der Waals surface area contributed by atoms with Crippen molar-refractivity contribution in [1.82, 2.24) is 19.1 Å². The Morgan fingerprint density at radius 3 is 1.46 bits per heavy atom. The maximum absolute atomic E-state index is 5.37. The van der Waals surface area contributed by atoms with Gasteiger partial charge in [-0.1, -0.05) is 146 Å². The molecule has 11 rings (SSSR count). The van der Waals surface area contributed by atoms with E-state index in [4.69, 9.17) is 9.97 Å². The molecule has 56 heavy (non-hydrogen) atoms. The first-order valence-electron chi connectivity index (χ1n) is 19.0. The molecule has 0 atom stereocenters. The van der Waals surface area contributed by atoms with Crippen molar-refractivity contribution in [2.45, 2.75) is 0 Å². The quantitative estimate of drug-likeness (QED) is 0.172. The molecule has 0 spiro atoms. The molecule has 0 aliphatic rings. The molecule has 11 aromatic rings. The van der Waals surface area contributed by atoms with E-state index in [1.165, 1.54) is 32.9 Å². The van der Waals surface area contributed by atoms with E-state index in [1.807, 2.05) is 6.07 Å². The van der Waals surface area contributed by atoms with E-state index in [2.05, 4.69) is 209 Å². The molecule has 0 saturated carbocycles. The Balaban J connectivity index is 1.04. The van der Waals surface area contributed by atoms with Crippen molar-refractivity contribution in [2.24, 2.45) is 0 Å². The second kappa shape index (κ2) is 13.1. The number of rotatable bonds is 6. The molecule has 0 saturated heterocycles. The van der Waals surface area contributed by atoms with Crippen molar-refractivity contribution in [3.05, 3.63) is 206 Å². The molecule has 0 amide bonds. The molecule has 3 aromatic heterocycles. The lowest BCUT2D eigenvalue weighted by Crippen LogP contribution is -1.99. The molecule has 0 aliphatic carbocycles. The minimum Gasteiger partial charge on any atom is -0.309 e. The number of hydrogen-bond acceptors (Lipinski definition) is 2. The highest BCUT2D eigenvalue weighted by Crippen LogP contribution is 2.39. The summed E-state index contributed by atoms with van der Waals surface area (Å²) >= 11 is 0. The minimum absolute atomic E-state index is 0.700. The highest BCUT2D eigenvalue weighted by molar-refractivity contribution is 6.12. The van der Waals surface area contributed by atoms with E-state index < -0.39 is 0 Å². The molecule has 262 valence electrons. The number of aromatic nitrogens is 4. The number of benzene rings is 8. The van der Waals surface area contributed by atoms with E-state index in [0.29, 0.717) is 5.82 Å². The lowest BCUT2D eigenvalue weighted by atomic mass is 9.97. The fourth-order valence-corrected chi connectivity index (χ4v) is 8.34. The molecule has 0 bridgehead atoms. The SMILES string of the molecule is c1ccc(-c2nc(-c3cccc(-c4cccc(-c5ccc6c(c5)c5ccccc5n6-c5ccccc5)c4)c3)nc3c4ccccc4n(-c4ccccc4)c23)cc1. The van der Waals surface area contributed by atoms with Crippen molar-refractivity contribution >= 4 is 43.7 Å². The summed E-state index contributed by atoms with van der Waals surface area (Å²) in [5.41, 5.74) is 15.2. The zero-order valence-electron chi connectivity index (χ0n) is 30.4. The van der Waals surface area contributed by atoms with Crippen LogP contribution in [-0.2, 0) is 0 Å². The average Bonchev–Trinajstić information content (AvgIpc) is 3.80. The lowest BCUT2D eigenvalue weighted by Gasteiger charge is -2.13. The van der Waals surface area contributed by atoms with Crippen LogP contribution in [-0.4, -0.2) is 19.1 Å². The summed E-state index contributed by atoms with van der Waals surface area (Å²) in [7, 11) is 0. The topological polar surface area (TPSA) is 35.6 Å². The number of para-hydroxylation sites is 4. The van der Waals surface area contributed by atoms with Crippen LogP contribution in [0.4, 0.5) is 0 Å². The Morgan fingerprint density at radius 2 is 0.786 bits per heavy atom. The average molecular weight is 715 g/mol. The highest BCUT2D eigenvalue weighted by Gasteiger charge is 2.21. The third kappa shape index (κ3) is 5.23. The Kier molecular flexibility index (Phi) is 7.46. The van der Waals surface area contributed by atoms with Gasteiger partial charge >= 0.3 is 0 Å². The molecule has 0 radical (unpaired) electrons. The standard InChI is InChI=1S/C52H34N4/c1-4-16-35(17-5-1)49-51-50(44-27-11-13-29-47(44)56(51)42-24-8-3-9-25-42)54-52(53-49)40-21-15-20-38(33-40)36-18-14-19-37(32-36)39-30-31-48-45(34-39)43-26-10-12-28-46(43)55(48)41-22-6-2-7-23-41/h1-34H. The predicted molar refractivity (Wildman–Crippen MR) is 232 cm³/mol. The second-order valence-corrected chi connectivity index (χ2v) is 14.2. The summed E-state index contributed by atoms with van der Waals surface area (Å²) in [4.78, 5) is 10.7. The van der Waals surface area contributed by atoms with E-state index in [-0.39, 0.29) is 0 Å². The molecule has 0 N–H and O–H groups in total. The van der Waals surface area contributed by atoms with Crippen LogP contribution in [0.2, 0.25) is 0 Å². The van der Waals surface area contributed by atoms with E-state index >= 15 is 0 Å². The minimum atomic E-state index is 0.700. The Morgan fingerprint density at radius 1 is 0.304 bits per heavy atom. The number of hydrogen-bond donors (Lipinski definition) is 0. The molecule has 0 fully saturated rings. The first kappa shape index (κ1) is 31.9. The fraction of sp³-hybridized carbons (Fsp3) is 0. The zero-order valence-corrected chi connectivity index (χ0v) is 30.4. The predicted octanol–water partition coefficient (Wildman–Crippen LogP) is 13.3. The van der Waals surface area contributed by atoms with Gasteiger partial charge in [0, 0.05) is 38.7 Å². The van der Waals surface area contributed by atoms with Crippen molar-refractivity contribution in [1.29, 1.82) is 0 Å². The van der Waals surface area contributed by atoms with Gasteiger partial charge in [-0.15, -0.1) is 0 Å².